The third-order valence-electron chi connectivity index (χ3n) is 12.1. The SMILES string of the molecule is CC[C@]1(O)CC[C@@]2(C)[C@H](CC[C@H]3C4CC[C@H]([C@H](C)CC[C@H](O)C(C)(C)C)[C@@]4(C)CC[C@@H]32)C1. The van der Waals surface area contributed by atoms with Gasteiger partial charge in [0, 0.05) is 0 Å². The molecule has 2 nitrogen and oxygen atoms in total. The molecule has 0 heterocycles. The molecule has 0 radical (unpaired) electrons. The predicted molar refractivity (Wildman–Crippen MR) is 134 cm³/mol. The van der Waals surface area contributed by atoms with Gasteiger partial charge in [0.25, 0.3) is 0 Å². The minimum Gasteiger partial charge on any atom is -0.393 e. The van der Waals surface area contributed by atoms with Crippen molar-refractivity contribution in [1.29, 1.82) is 0 Å². The lowest BCUT2D eigenvalue weighted by atomic mass is 9.43. The number of hydrogen-bond acceptors (Lipinski definition) is 2. The van der Waals surface area contributed by atoms with Crippen molar-refractivity contribution >= 4 is 0 Å². The van der Waals surface area contributed by atoms with Crippen LogP contribution in [0.5, 0.6) is 0 Å². The summed E-state index contributed by atoms with van der Waals surface area (Å²) < 4.78 is 0. The third kappa shape index (κ3) is 4.12. The molecule has 0 spiro atoms. The van der Waals surface area contributed by atoms with E-state index < -0.39 is 0 Å². The van der Waals surface area contributed by atoms with Crippen LogP contribution in [0.15, 0.2) is 0 Å². The van der Waals surface area contributed by atoms with Crippen molar-refractivity contribution < 1.29 is 10.2 Å². The minimum atomic E-state index is -0.383. The zero-order valence-corrected chi connectivity index (χ0v) is 22.4. The van der Waals surface area contributed by atoms with E-state index in [1.165, 1.54) is 51.4 Å². The fraction of sp³-hybridized carbons (Fsp3) is 1.00. The monoisotopic (exact) mass is 446 g/mol. The second-order valence-corrected chi connectivity index (χ2v) is 14.6. The lowest BCUT2D eigenvalue weighted by Crippen LogP contribution is -2.56. The van der Waals surface area contributed by atoms with Crippen LogP contribution >= 0.6 is 0 Å². The molecule has 1 unspecified atom stereocenters. The van der Waals surface area contributed by atoms with Gasteiger partial charge in [0.05, 0.1) is 11.7 Å². The molecule has 0 aromatic heterocycles. The highest BCUT2D eigenvalue weighted by Gasteiger charge is 2.61. The van der Waals surface area contributed by atoms with Gasteiger partial charge in [-0.25, -0.2) is 0 Å². The Bertz CT molecular complexity index is 666. The Morgan fingerprint density at radius 1 is 0.875 bits per heavy atom. The van der Waals surface area contributed by atoms with Crippen molar-refractivity contribution in [3.05, 3.63) is 0 Å². The lowest BCUT2D eigenvalue weighted by Gasteiger charge is -2.62. The van der Waals surface area contributed by atoms with Gasteiger partial charge in [-0.1, -0.05) is 48.5 Å². The maximum atomic E-state index is 11.0. The summed E-state index contributed by atoms with van der Waals surface area (Å²) in [6.07, 6.45) is 14.6. The Morgan fingerprint density at radius 3 is 2.22 bits per heavy atom. The molecule has 32 heavy (non-hydrogen) atoms. The molecular weight excluding hydrogens is 392 g/mol. The number of fused-ring (bicyclic) bond motifs is 5. The zero-order valence-electron chi connectivity index (χ0n) is 22.4. The first kappa shape index (κ1) is 25.0. The van der Waals surface area contributed by atoms with Gasteiger partial charge >= 0.3 is 0 Å². The Morgan fingerprint density at radius 2 is 1.56 bits per heavy atom. The van der Waals surface area contributed by atoms with Crippen LogP contribution < -0.4 is 0 Å². The van der Waals surface area contributed by atoms with E-state index in [4.69, 9.17) is 0 Å². The largest absolute Gasteiger partial charge is 0.393 e. The molecule has 4 aliphatic rings. The first-order valence-corrected chi connectivity index (χ1v) is 14.2. The quantitative estimate of drug-likeness (QED) is 0.456. The van der Waals surface area contributed by atoms with Crippen molar-refractivity contribution in [2.45, 2.75) is 137 Å². The minimum absolute atomic E-state index is 0.00208. The average Bonchev–Trinajstić information content (AvgIpc) is 3.09. The van der Waals surface area contributed by atoms with E-state index >= 15 is 0 Å². The van der Waals surface area contributed by atoms with E-state index in [-0.39, 0.29) is 17.1 Å². The van der Waals surface area contributed by atoms with Crippen LogP contribution in [0.4, 0.5) is 0 Å². The van der Waals surface area contributed by atoms with Gasteiger partial charge in [-0.05, 0) is 129 Å². The summed E-state index contributed by atoms with van der Waals surface area (Å²) >= 11 is 0. The van der Waals surface area contributed by atoms with Gasteiger partial charge in [-0.3, -0.25) is 0 Å². The standard InChI is InChI=1S/C30H54O2/c1-8-30(32)18-17-28(6)21(19-30)10-11-22-24-13-12-23(29(24,7)16-15-25(22)28)20(2)9-14-26(31)27(3,4)5/h20-26,31-32H,8-19H2,1-7H3/t20-,21-,22+,23-,24?,25+,26+,28+,29-,30+/m1/s1. The molecule has 4 aliphatic carbocycles. The van der Waals surface area contributed by atoms with Gasteiger partial charge in [0.15, 0.2) is 0 Å². The summed E-state index contributed by atoms with van der Waals surface area (Å²) in [5.41, 5.74) is 0.588. The highest BCUT2D eigenvalue weighted by molar-refractivity contribution is 5.10. The molecule has 2 heteroatoms. The summed E-state index contributed by atoms with van der Waals surface area (Å²) in [5.74, 6) is 5.01. The summed E-state index contributed by atoms with van der Waals surface area (Å²) in [5, 5.41) is 21.6. The fourth-order valence-electron chi connectivity index (χ4n) is 9.67. The normalized spacial score (nSPS) is 48.5. The Labute approximate surface area is 199 Å². The van der Waals surface area contributed by atoms with E-state index in [0.29, 0.717) is 10.8 Å². The van der Waals surface area contributed by atoms with E-state index in [1.807, 2.05) is 0 Å². The molecule has 0 aliphatic heterocycles. The second-order valence-electron chi connectivity index (χ2n) is 14.6. The molecule has 0 aromatic rings. The molecular formula is C30H54O2. The third-order valence-corrected chi connectivity index (χ3v) is 12.1. The first-order valence-electron chi connectivity index (χ1n) is 14.2. The van der Waals surface area contributed by atoms with Gasteiger partial charge in [-0.15, -0.1) is 0 Å². The van der Waals surface area contributed by atoms with Crippen LogP contribution in [0.1, 0.15) is 126 Å². The molecule has 0 aromatic carbocycles. The van der Waals surface area contributed by atoms with Crippen molar-refractivity contribution in [2.24, 2.45) is 51.8 Å². The Kier molecular flexibility index (Phi) is 6.68. The summed E-state index contributed by atoms with van der Waals surface area (Å²) in [4.78, 5) is 0. The lowest BCUT2D eigenvalue weighted by molar-refractivity contribution is -0.152. The highest BCUT2D eigenvalue weighted by atomic mass is 16.3. The van der Waals surface area contributed by atoms with Crippen molar-refractivity contribution in [2.75, 3.05) is 0 Å². The van der Waals surface area contributed by atoms with E-state index in [0.717, 1.165) is 61.2 Å². The molecule has 4 saturated carbocycles. The van der Waals surface area contributed by atoms with Gasteiger partial charge in [0.1, 0.15) is 0 Å². The number of hydrogen-bond donors (Lipinski definition) is 2. The maximum Gasteiger partial charge on any atom is 0.0648 e. The summed E-state index contributed by atoms with van der Waals surface area (Å²) in [7, 11) is 0. The van der Waals surface area contributed by atoms with E-state index in [9.17, 15) is 10.2 Å². The topological polar surface area (TPSA) is 40.5 Å². The average molecular weight is 447 g/mol. The second kappa shape index (κ2) is 8.54. The highest BCUT2D eigenvalue weighted by Crippen LogP contribution is 2.69. The van der Waals surface area contributed by atoms with Crippen LogP contribution in [0.25, 0.3) is 0 Å². The molecule has 4 rings (SSSR count). The predicted octanol–water partition coefficient (Wildman–Crippen LogP) is 7.61. The summed E-state index contributed by atoms with van der Waals surface area (Å²) in [6.45, 7) is 16.5. The van der Waals surface area contributed by atoms with Crippen molar-refractivity contribution in [1.82, 2.24) is 0 Å². The molecule has 0 bridgehead atoms. The van der Waals surface area contributed by atoms with Crippen LogP contribution in [0.2, 0.25) is 0 Å². The van der Waals surface area contributed by atoms with Gasteiger partial charge in [-0.2, -0.15) is 0 Å². The smallest absolute Gasteiger partial charge is 0.0648 e. The zero-order chi connectivity index (χ0) is 23.5. The van der Waals surface area contributed by atoms with Gasteiger partial charge in [0.2, 0.25) is 0 Å². The van der Waals surface area contributed by atoms with Crippen molar-refractivity contribution in [3.8, 4) is 0 Å². The van der Waals surface area contributed by atoms with E-state index in [1.54, 1.807) is 0 Å². The van der Waals surface area contributed by atoms with Gasteiger partial charge < -0.3 is 10.2 Å². The molecule has 0 amide bonds. The van der Waals surface area contributed by atoms with E-state index in [2.05, 4.69) is 48.5 Å². The molecule has 186 valence electrons. The first-order chi connectivity index (χ1) is 14.8. The molecule has 0 saturated heterocycles. The van der Waals surface area contributed by atoms with Crippen LogP contribution in [-0.2, 0) is 0 Å². The maximum absolute atomic E-state index is 11.0. The molecule has 2 N–H and O–H groups in total. The number of aliphatic hydroxyl groups is 2. The van der Waals surface area contributed by atoms with Crippen molar-refractivity contribution in [3.63, 3.8) is 0 Å². The molecule has 4 fully saturated rings. The Balaban J connectivity index is 1.45. The Hall–Kier alpha value is -0.0800. The number of rotatable bonds is 5. The number of aliphatic hydroxyl groups excluding tert-OH is 1. The van der Waals surface area contributed by atoms with Crippen LogP contribution in [0.3, 0.4) is 0 Å². The van der Waals surface area contributed by atoms with Crippen LogP contribution in [-0.4, -0.2) is 21.9 Å². The van der Waals surface area contributed by atoms with Crippen LogP contribution in [0, 0.1) is 51.8 Å². The summed E-state index contributed by atoms with van der Waals surface area (Å²) in [6, 6.07) is 0. The fourth-order valence-corrected chi connectivity index (χ4v) is 9.67. The molecule has 10 atom stereocenters.